The molecule has 1 aromatic heterocycles. The van der Waals surface area contributed by atoms with Gasteiger partial charge in [-0.1, -0.05) is 37.0 Å². The Bertz CT molecular complexity index is 383. The van der Waals surface area contributed by atoms with E-state index in [9.17, 15) is 4.79 Å². The molecule has 0 aliphatic heterocycles. The Morgan fingerprint density at radius 3 is 2.44 bits per heavy atom. The number of aliphatic hydroxyl groups is 1. The molecule has 0 saturated heterocycles. The van der Waals surface area contributed by atoms with Gasteiger partial charge in [-0.05, 0) is 18.9 Å². The molecule has 0 unspecified atom stereocenters. The van der Waals surface area contributed by atoms with Crippen molar-refractivity contribution in [1.82, 2.24) is 9.88 Å². The zero-order valence-electron chi connectivity index (χ0n) is 10.5. The van der Waals surface area contributed by atoms with Gasteiger partial charge in [-0.2, -0.15) is 0 Å². The Balaban J connectivity index is 2.94. The molecule has 0 bridgehead atoms. The lowest BCUT2D eigenvalue weighted by Crippen LogP contribution is -2.41. The largest absolute Gasteiger partial charge is 0.395 e. The molecule has 1 amide bonds. The summed E-state index contributed by atoms with van der Waals surface area (Å²) in [6, 6.07) is 1.62. The summed E-state index contributed by atoms with van der Waals surface area (Å²) in [7, 11) is 0. The first-order chi connectivity index (χ1) is 8.54. The smallest absolute Gasteiger partial charge is 0.270 e. The third-order valence-electron chi connectivity index (χ3n) is 2.94. The predicted octanol–water partition coefficient (Wildman–Crippen LogP) is 2.94. The molecule has 0 spiro atoms. The molecular formula is C12H18Cl2N2O2. The van der Waals surface area contributed by atoms with E-state index in [1.54, 1.807) is 4.90 Å². The van der Waals surface area contributed by atoms with Crippen LogP contribution in [0.15, 0.2) is 6.07 Å². The van der Waals surface area contributed by atoms with Crippen molar-refractivity contribution in [1.29, 1.82) is 0 Å². The van der Waals surface area contributed by atoms with Crippen LogP contribution in [0.25, 0.3) is 0 Å². The van der Waals surface area contributed by atoms with Gasteiger partial charge in [-0.25, -0.2) is 0 Å². The van der Waals surface area contributed by atoms with E-state index in [0.717, 1.165) is 12.8 Å². The number of nitrogens with one attached hydrogen (secondary N) is 1. The Kier molecular flexibility index (Phi) is 5.99. The molecule has 0 aliphatic rings. The van der Waals surface area contributed by atoms with E-state index in [2.05, 4.69) is 4.98 Å². The van der Waals surface area contributed by atoms with Crippen molar-refractivity contribution in [2.45, 2.75) is 32.7 Å². The van der Waals surface area contributed by atoms with Crippen LogP contribution in [0.3, 0.4) is 0 Å². The maximum atomic E-state index is 12.3. The molecule has 0 fully saturated rings. The molecule has 0 radical (unpaired) electrons. The number of hydrogen-bond donors (Lipinski definition) is 2. The average molecular weight is 293 g/mol. The van der Waals surface area contributed by atoms with E-state index in [1.165, 1.54) is 6.07 Å². The summed E-state index contributed by atoms with van der Waals surface area (Å²) in [5.41, 5.74) is 0.352. The summed E-state index contributed by atoms with van der Waals surface area (Å²) in [6.45, 7) is 4.27. The normalized spacial score (nSPS) is 11.0. The van der Waals surface area contributed by atoms with Crippen LogP contribution in [0.5, 0.6) is 0 Å². The summed E-state index contributed by atoms with van der Waals surface area (Å²) in [6.07, 6.45) is 1.68. The number of rotatable bonds is 6. The quantitative estimate of drug-likeness (QED) is 0.847. The fourth-order valence-electron chi connectivity index (χ4n) is 1.96. The molecule has 6 heteroatoms. The first-order valence-corrected chi connectivity index (χ1v) is 6.76. The highest BCUT2D eigenvalue weighted by Crippen LogP contribution is 2.23. The van der Waals surface area contributed by atoms with Gasteiger partial charge < -0.3 is 15.0 Å². The maximum absolute atomic E-state index is 12.3. The van der Waals surface area contributed by atoms with Crippen molar-refractivity contribution in [2.75, 3.05) is 13.2 Å². The van der Waals surface area contributed by atoms with Crippen LogP contribution in [0, 0.1) is 0 Å². The second-order valence-corrected chi connectivity index (χ2v) is 4.82. The van der Waals surface area contributed by atoms with Gasteiger partial charge in [0.2, 0.25) is 0 Å². The van der Waals surface area contributed by atoms with E-state index < -0.39 is 0 Å². The molecule has 1 rings (SSSR count). The number of halogens is 2. The van der Waals surface area contributed by atoms with Gasteiger partial charge in [0.15, 0.2) is 0 Å². The molecular weight excluding hydrogens is 275 g/mol. The van der Waals surface area contributed by atoms with Crippen LogP contribution < -0.4 is 0 Å². The number of aromatic nitrogens is 1. The minimum Gasteiger partial charge on any atom is -0.395 e. The summed E-state index contributed by atoms with van der Waals surface area (Å²) < 4.78 is 0. The Morgan fingerprint density at radius 1 is 1.44 bits per heavy atom. The minimum atomic E-state index is -0.188. The van der Waals surface area contributed by atoms with Gasteiger partial charge >= 0.3 is 0 Å². The van der Waals surface area contributed by atoms with Crippen molar-refractivity contribution < 1.29 is 9.90 Å². The summed E-state index contributed by atoms with van der Waals surface area (Å²) in [5, 5.41) is 9.66. The first kappa shape index (κ1) is 15.3. The number of amides is 1. The van der Waals surface area contributed by atoms with Crippen LogP contribution in [-0.2, 0) is 0 Å². The Hall–Kier alpha value is -0.710. The molecule has 18 heavy (non-hydrogen) atoms. The highest BCUT2D eigenvalue weighted by molar-refractivity contribution is 6.41. The van der Waals surface area contributed by atoms with Crippen molar-refractivity contribution >= 4 is 29.1 Å². The molecule has 0 aromatic carbocycles. The SMILES string of the molecule is CCC(CC)N(CCO)C(=O)c1cc(Cl)c(Cl)[nH]1. The molecule has 102 valence electrons. The van der Waals surface area contributed by atoms with E-state index >= 15 is 0 Å². The third-order valence-corrected chi connectivity index (χ3v) is 3.63. The standard InChI is InChI=1S/C12H18Cl2N2O2/c1-3-8(4-2)16(5-6-17)12(18)10-7-9(13)11(14)15-10/h7-8,15,17H,3-6H2,1-2H3. The van der Waals surface area contributed by atoms with Crippen LogP contribution in [0.1, 0.15) is 37.2 Å². The van der Waals surface area contributed by atoms with Crippen molar-refractivity contribution in [3.05, 3.63) is 21.9 Å². The molecule has 0 aliphatic carbocycles. The molecule has 0 atom stereocenters. The van der Waals surface area contributed by atoms with Gasteiger partial charge in [-0.3, -0.25) is 4.79 Å². The molecule has 1 aromatic rings. The van der Waals surface area contributed by atoms with Gasteiger partial charge in [0.1, 0.15) is 10.8 Å². The predicted molar refractivity (Wildman–Crippen MR) is 73.3 cm³/mol. The van der Waals surface area contributed by atoms with Crippen molar-refractivity contribution in [2.24, 2.45) is 0 Å². The number of H-pyrrole nitrogens is 1. The van der Waals surface area contributed by atoms with Crippen molar-refractivity contribution in [3.63, 3.8) is 0 Å². The topological polar surface area (TPSA) is 56.3 Å². The molecule has 4 nitrogen and oxygen atoms in total. The van der Waals surface area contributed by atoms with Crippen LogP contribution in [0.4, 0.5) is 0 Å². The average Bonchev–Trinajstić information content (AvgIpc) is 2.69. The lowest BCUT2D eigenvalue weighted by atomic mass is 10.1. The Morgan fingerprint density at radius 2 is 2.06 bits per heavy atom. The summed E-state index contributed by atoms with van der Waals surface area (Å²) >= 11 is 11.6. The highest BCUT2D eigenvalue weighted by Gasteiger charge is 2.23. The van der Waals surface area contributed by atoms with Gasteiger partial charge in [-0.15, -0.1) is 0 Å². The number of carbonyl (C=O) groups is 1. The highest BCUT2D eigenvalue weighted by atomic mass is 35.5. The summed E-state index contributed by atoms with van der Waals surface area (Å²) in [5.74, 6) is -0.188. The summed E-state index contributed by atoms with van der Waals surface area (Å²) in [4.78, 5) is 16.7. The lowest BCUT2D eigenvalue weighted by molar-refractivity contribution is 0.0617. The van der Waals surface area contributed by atoms with Crippen LogP contribution in [0.2, 0.25) is 10.2 Å². The van der Waals surface area contributed by atoms with E-state index in [4.69, 9.17) is 28.3 Å². The second kappa shape index (κ2) is 7.02. The van der Waals surface area contributed by atoms with Crippen LogP contribution >= 0.6 is 23.2 Å². The fourth-order valence-corrected chi connectivity index (χ4v) is 2.27. The maximum Gasteiger partial charge on any atom is 0.270 e. The third kappa shape index (κ3) is 3.40. The Labute approximate surface area is 117 Å². The van der Waals surface area contributed by atoms with E-state index in [-0.39, 0.29) is 23.7 Å². The lowest BCUT2D eigenvalue weighted by Gasteiger charge is -2.29. The van der Waals surface area contributed by atoms with Gasteiger partial charge in [0, 0.05) is 12.6 Å². The fraction of sp³-hybridized carbons (Fsp3) is 0.583. The number of aromatic amines is 1. The van der Waals surface area contributed by atoms with Gasteiger partial charge in [0.25, 0.3) is 5.91 Å². The molecule has 1 heterocycles. The van der Waals surface area contributed by atoms with E-state index in [1.807, 2.05) is 13.8 Å². The minimum absolute atomic E-state index is 0.0651. The second-order valence-electron chi connectivity index (χ2n) is 4.04. The van der Waals surface area contributed by atoms with E-state index in [0.29, 0.717) is 17.3 Å². The molecule has 2 N–H and O–H groups in total. The van der Waals surface area contributed by atoms with Gasteiger partial charge in [0.05, 0.1) is 11.6 Å². The number of carbonyl (C=O) groups excluding carboxylic acids is 1. The number of aliphatic hydroxyl groups excluding tert-OH is 1. The molecule has 0 saturated carbocycles. The number of nitrogens with zero attached hydrogens (tertiary/aromatic N) is 1. The zero-order chi connectivity index (χ0) is 13.7. The van der Waals surface area contributed by atoms with Crippen LogP contribution in [-0.4, -0.2) is 40.1 Å². The van der Waals surface area contributed by atoms with Crippen molar-refractivity contribution in [3.8, 4) is 0 Å². The number of hydrogen-bond acceptors (Lipinski definition) is 2. The zero-order valence-corrected chi connectivity index (χ0v) is 12.1. The first-order valence-electron chi connectivity index (χ1n) is 6.00. The monoisotopic (exact) mass is 292 g/mol.